The third-order valence-corrected chi connectivity index (χ3v) is 2.77. The lowest BCUT2D eigenvalue weighted by Crippen LogP contribution is -2.13. The number of hydrogen-bond donors (Lipinski definition) is 1. The van der Waals surface area contributed by atoms with Crippen LogP contribution in [-0.4, -0.2) is 6.10 Å². The summed E-state index contributed by atoms with van der Waals surface area (Å²) in [5, 5.41) is 0. The molecule has 0 radical (unpaired) electrons. The lowest BCUT2D eigenvalue weighted by molar-refractivity contribution is 0.208. The third-order valence-electron chi connectivity index (χ3n) is 2.27. The van der Waals surface area contributed by atoms with Gasteiger partial charge in [0.2, 0.25) is 0 Å². The molecule has 1 aromatic carbocycles. The van der Waals surface area contributed by atoms with Crippen molar-refractivity contribution in [3.8, 4) is 5.75 Å². The molecular formula is C12H18BrNO. The van der Waals surface area contributed by atoms with E-state index in [0.29, 0.717) is 6.54 Å². The first-order valence-corrected chi connectivity index (χ1v) is 6.11. The largest absolute Gasteiger partial charge is 0.490 e. The maximum absolute atomic E-state index is 5.85. The summed E-state index contributed by atoms with van der Waals surface area (Å²) in [4.78, 5) is 0. The standard InChI is InChI=1S/C12H18BrNO/c1-3-4-9(2)15-12-7-11(13)6-5-10(12)8-14/h5-7,9H,3-4,8,14H2,1-2H3. The average Bonchev–Trinajstić information content (AvgIpc) is 2.18. The van der Waals surface area contributed by atoms with E-state index in [4.69, 9.17) is 10.5 Å². The Hall–Kier alpha value is -0.540. The molecule has 0 aliphatic heterocycles. The van der Waals surface area contributed by atoms with E-state index in [-0.39, 0.29) is 6.10 Å². The number of ether oxygens (including phenoxy) is 1. The van der Waals surface area contributed by atoms with Crippen LogP contribution in [0.2, 0.25) is 0 Å². The number of halogens is 1. The van der Waals surface area contributed by atoms with Crippen molar-refractivity contribution >= 4 is 15.9 Å². The van der Waals surface area contributed by atoms with Crippen molar-refractivity contribution in [1.29, 1.82) is 0 Å². The lowest BCUT2D eigenvalue weighted by atomic mass is 10.2. The topological polar surface area (TPSA) is 35.2 Å². The summed E-state index contributed by atoms with van der Waals surface area (Å²) in [7, 11) is 0. The van der Waals surface area contributed by atoms with Gasteiger partial charge in [0.1, 0.15) is 5.75 Å². The van der Waals surface area contributed by atoms with Gasteiger partial charge in [0.05, 0.1) is 6.10 Å². The summed E-state index contributed by atoms with van der Waals surface area (Å²) >= 11 is 3.43. The van der Waals surface area contributed by atoms with Gasteiger partial charge in [-0.05, 0) is 25.5 Å². The second kappa shape index (κ2) is 6.13. The monoisotopic (exact) mass is 271 g/mol. The van der Waals surface area contributed by atoms with E-state index in [1.807, 2.05) is 18.2 Å². The first-order chi connectivity index (χ1) is 7.17. The van der Waals surface area contributed by atoms with Crippen LogP contribution in [0.25, 0.3) is 0 Å². The van der Waals surface area contributed by atoms with Crippen molar-refractivity contribution < 1.29 is 4.74 Å². The van der Waals surface area contributed by atoms with Crippen molar-refractivity contribution in [2.24, 2.45) is 5.73 Å². The van der Waals surface area contributed by atoms with E-state index in [1.54, 1.807) is 0 Å². The maximum Gasteiger partial charge on any atom is 0.125 e. The fourth-order valence-corrected chi connectivity index (χ4v) is 1.83. The zero-order valence-electron chi connectivity index (χ0n) is 9.29. The Morgan fingerprint density at radius 3 is 2.80 bits per heavy atom. The second-order valence-corrected chi connectivity index (χ2v) is 4.59. The Morgan fingerprint density at radius 1 is 1.47 bits per heavy atom. The van der Waals surface area contributed by atoms with Crippen LogP contribution in [0.5, 0.6) is 5.75 Å². The van der Waals surface area contributed by atoms with E-state index in [0.717, 1.165) is 28.6 Å². The van der Waals surface area contributed by atoms with Crippen LogP contribution >= 0.6 is 15.9 Å². The Kier molecular flexibility index (Phi) is 5.12. The number of benzene rings is 1. The number of rotatable bonds is 5. The van der Waals surface area contributed by atoms with Crippen LogP contribution in [0.3, 0.4) is 0 Å². The van der Waals surface area contributed by atoms with E-state index < -0.39 is 0 Å². The molecule has 0 bridgehead atoms. The molecule has 15 heavy (non-hydrogen) atoms. The maximum atomic E-state index is 5.85. The van der Waals surface area contributed by atoms with Gasteiger partial charge in [-0.3, -0.25) is 0 Å². The van der Waals surface area contributed by atoms with Gasteiger partial charge in [-0.25, -0.2) is 0 Å². The minimum absolute atomic E-state index is 0.245. The van der Waals surface area contributed by atoms with Gasteiger partial charge in [0, 0.05) is 16.6 Å². The van der Waals surface area contributed by atoms with Gasteiger partial charge in [-0.2, -0.15) is 0 Å². The highest BCUT2D eigenvalue weighted by molar-refractivity contribution is 9.10. The first-order valence-electron chi connectivity index (χ1n) is 5.32. The van der Waals surface area contributed by atoms with Crippen molar-refractivity contribution in [3.05, 3.63) is 28.2 Å². The molecule has 0 saturated carbocycles. The third kappa shape index (κ3) is 3.84. The summed E-state index contributed by atoms with van der Waals surface area (Å²) in [5.41, 5.74) is 6.71. The smallest absolute Gasteiger partial charge is 0.125 e. The van der Waals surface area contributed by atoms with Gasteiger partial charge in [0.15, 0.2) is 0 Å². The average molecular weight is 272 g/mol. The lowest BCUT2D eigenvalue weighted by Gasteiger charge is -2.16. The SMILES string of the molecule is CCCC(C)Oc1cc(Br)ccc1CN. The van der Waals surface area contributed by atoms with Crippen LogP contribution in [0.1, 0.15) is 32.3 Å². The highest BCUT2D eigenvalue weighted by atomic mass is 79.9. The van der Waals surface area contributed by atoms with Crippen LogP contribution < -0.4 is 10.5 Å². The zero-order valence-corrected chi connectivity index (χ0v) is 10.9. The molecule has 1 aromatic rings. The summed E-state index contributed by atoms with van der Waals surface area (Å²) in [5.74, 6) is 0.896. The molecule has 0 fully saturated rings. The summed E-state index contributed by atoms with van der Waals surface area (Å²) < 4.78 is 6.87. The van der Waals surface area contributed by atoms with Gasteiger partial charge in [-0.1, -0.05) is 35.3 Å². The Bertz CT molecular complexity index is 314. The Morgan fingerprint density at radius 2 is 2.20 bits per heavy atom. The molecule has 0 aliphatic carbocycles. The predicted molar refractivity (Wildman–Crippen MR) is 67.0 cm³/mol. The minimum atomic E-state index is 0.245. The molecule has 3 heteroatoms. The van der Waals surface area contributed by atoms with Crippen LogP contribution in [0.15, 0.2) is 22.7 Å². The molecule has 0 aromatic heterocycles. The molecule has 2 N–H and O–H groups in total. The van der Waals surface area contributed by atoms with E-state index in [1.165, 1.54) is 0 Å². The molecule has 84 valence electrons. The highest BCUT2D eigenvalue weighted by Gasteiger charge is 2.07. The molecule has 0 heterocycles. The van der Waals surface area contributed by atoms with E-state index in [9.17, 15) is 0 Å². The summed E-state index contributed by atoms with van der Waals surface area (Å²) in [6, 6.07) is 5.96. The Balaban J connectivity index is 2.77. The minimum Gasteiger partial charge on any atom is -0.490 e. The Labute approximate surface area is 99.9 Å². The highest BCUT2D eigenvalue weighted by Crippen LogP contribution is 2.25. The first kappa shape index (κ1) is 12.5. The van der Waals surface area contributed by atoms with Gasteiger partial charge in [-0.15, -0.1) is 0 Å². The molecule has 1 unspecified atom stereocenters. The number of hydrogen-bond acceptors (Lipinski definition) is 2. The van der Waals surface area contributed by atoms with Crippen molar-refractivity contribution in [3.63, 3.8) is 0 Å². The molecule has 2 nitrogen and oxygen atoms in total. The number of nitrogens with two attached hydrogens (primary N) is 1. The molecule has 0 saturated heterocycles. The normalized spacial score (nSPS) is 12.5. The van der Waals surface area contributed by atoms with Crippen molar-refractivity contribution in [2.45, 2.75) is 39.3 Å². The van der Waals surface area contributed by atoms with Crippen molar-refractivity contribution in [1.82, 2.24) is 0 Å². The molecule has 0 aliphatic rings. The molecule has 0 spiro atoms. The van der Waals surface area contributed by atoms with Gasteiger partial charge in [0.25, 0.3) is 0 Å². The van der Waals surface area contributed by atoms with E-state index >= 15 is 0 Å². The summed E-state index contributed by atoms with van der Waals surface area (Å²) in [6.45, 7) is 4.76. The predicted octanol–water partition coefficient (Wildman–Crippen LogP) is 3.48. The second-order valence-electron chi connectivity index (χ2n) is 3.67. The van der Waals surface area contributed by atoms with Crippen LogP contribution in [0.4, 0.5) is 0 Å². The fraction of sp³-hybridized carbons (Fsp3) is 0.500. The van der Waals surface area contributed by atoms with Crippen LogP contribution in [-0.2, 0) is 6.54 Å². The van der Waals surface area contributed by atoms with Gasteiger partial charge >= 0.3 is 0 Å². The fourth-order valence-electron chi connectivity index (χ4n) is 1.49. The quantitative estimate of drug-likeness (QED) is 0.890. The van der Waals surface area contributed by atoms with Gasteiger partial charge < -0.3 is 10.5 Å². The zero-order chi connectivity index (χ0) is 11.3. The van der Waals surface area contributed by atoms with Crippen molar-refractivity contribution in [2.75, 3.05) is 0 Å². The molecule has 0 amide bonds. The molecular weight excluding hydrogens is 254 g/mol. The van der Waals surface area contributed by atoms with Crippen LogP contribution in [0, 0.1) is 0 Å². The molecule has 1 atom stereocenters. The van der Waals surface area contributed by atoms with E-state index in [2.05, 4.69) is 29.8 Å². The molecule has 1 rings (SSSR count). The summed E-state index contributed by atoms with van der Waals surface area (Å²) in [6.07, 6.45) is 2.44.